The zero-order chi connectivity index (χ0) is 32.2. The number of ether oxygens (including phenoxy) is 3. The maximum absolute atomic E-state index is 12.3. The quantitative estimate of drug-likeness (QED) is 0.169. The SMILES string of the molecule is CC(=O)OC[C@]12CC=C3[C@@H](CC[C@H]4C(C)(C)C(OC(C)=O)CC[C@]34C)[C@]1(C)CC[C@@H]2[C@@](C)(O)CC(CC(C)C)OC(C)=O. The largest absolute Gasteiger partial charge is 0.465 e. The summed E-state index contributed by atoms with van der Waals surface area (Å²) >= 11 is 0. The molecule has 7 nitrogen and oxygen atoms in total. The second-order valence-corrected chi connectivity index (χ2v) is 16.3. The van der Waals surface area contributed by atoms with E-state index in [2.05, 4.69) is 47.6 Å². The zero-order valence-electron chi connectivity index (χ0n) is 28.5. The van der Waals surface area contributed by atoms with Crippen molar-refractivity contribution in [1.29, 1.82) is 0 Å². The smallest absolute Gasteiger partial charge is 0.302 e. The molecule has 0 bridgehead atoms. The second-order valence-electron chi connectivity index (χ2n) is 16.3. The minimum atomic E-state index is -1.11. The van der Waals surface area contributed by atoms with Crippen molar-refractivity contribution in [2.45, 2.75) is 145 Å². The molecular formula is C36H58O7. The summed E-state index contributed by atoms with van der Waals surface area (Å²) < 4.78 is 17.5. The van der Waals surface area contributed by atoms with E-state index in [0.717, 1.165) is 44.9 Å². The van der Waals surface area contributed by atoms with Crippen molar-refractivity contribution in [2.75, 3.05) is 6.61 Å². The van der Waals surface area contributed by atoms with Crippen molar-refractivity contribution in [3.63, 3.8) is 0 Å². The van der Waals surface area contributed by atoms with Crippen LogP contribution in [0.4, 0.5) is 0 Å². The molecule has 4 aliphatic rings. The van der Waals surface area contributed by atoms with Gasteiger partial charge in [-0.3, -0.25) is 14.4 Å². The van der Waals surface area contributed by atoms with E-state index >= 15 is 0 Å². The van der Waals surface area contributed by atoms with E-state index < -0.39 is 11.0 Å². The summed E-state index contributed by atoms with van der Waals surface area (Å²) in [5.41, 5.74) is -0.316. The minimum Gasteiger partial charge on any atom is -0.465 e. The number of carbonyl (C=O) groups is 3. The van der Waals surface area contributed by atoms with Crippen LogP contribution in [0.15, 0.2) is 11.6 Å². The van der Waals surface area contributed by atoms with Gasteiger partial charge in [0.05, 0.1) is 12.2 Å². The molecule has 2 unspecified atom stereocenters. The molecular weight excluding hydrogens is 544 g/mol. The fraction of sp³-hybridized carbons (Fsp3) is 0.861. The van der Waals surface area contributed by atoms with Crippen LogP contribution in [0.5, 0.6) is 0 Å². The van der Waals surface area contributed by atoms with Gasteiger partial charge >= 0.3 is 17.9 Å². The van der Waals surface area contributed by atoms with Gasteiger partial charge in [-0.1, -0.05) is 53.2 Å². The van der Waals surface area contributed by atoms with E-state index in [4.69, 9.17) is 14.2 Å². The maximum atomic E-state index is 12.3. The predicted octanol–water partition coefficient (Wildman–Crippen LogP) is 7.19. The molecule has 0 radical (unpaired) electrons. The van der Waals surface area contributed by atoms with Crippen molar-refractivity contribution in [1.82, 2.24) is 0 Å². The van der Waals surface area contributed by atoms with Crippen molar-refractivity contribution in [2.24, 2.45) is 45.3 Å². The van der Waals surface area contributed by atoms with Crippen LogP contribution in [0.25, 0.3) is 0 Å². The highest BCUT2D eigenvalue weighted by atomic mass is 16.5. The molecule has 1 N–H and O–H groups in total. The van der Waals surface area contributed by atoms with Gasteiger partial charge in [0.1, 0.15) is 12.2 Å². The van der Waals surface area contributed by atoms with E-state index in [1.165, 1.54) is 26.3 Å². The van der Waals surface area contributed by atoms with Crippen LogP contribution < -0.4 is 0 Å². The van der Waals surface area contributed by atoms with E-state index in [1.54, 1.807) is 0 Å². The summed E-state index contributed by atoms with van der Waals surface area (Å²) in [6.07, 6.45) is 9.47. The van der Waals surface area contributed by atoms with E-state index in [1.807, 2.05) is 6.92 Å². The van der Waals surface area contributed by atoms with Crippen molar-refractivity contribution < 1.29 is 33.7 Å². The number of hydrogen-bond donors (Lipinski definition) is 1. The van der Waals surface area contributed by atoms with E-state index in [9.17, 15) is 19.5 Å². The molecule has 0 amide bonds. The number of carbonyl (C=O) groups excluding carboxylic acids is 3. The summed E-state index contributed by atoms with van der Waals surface area (Å²) in [5, 5.41) is 12.3. The summed E-state index contributed by atoms with van der Waals surface area (Å²) in [4.78, 5) is 36.2. The third kappa shape index (κ3) is 5.93. The van der Waals surface area contributed by atoms with Crippen LogP contribution in [-0.2, 0) is 28.6 Å². The average molecular weight is 603 g/mol. The van der Waals surface area contributed by atoms with Gasteiger partial charge in [-0.05, 0) is 92.8 Å². The molecule has 4 aliphatic carbocycles. The highest BCUT2D eigenvalue weighted by molar-refractivity contribution is 5.66. The molecule has 43 heavy (non-hydrogen) atoms. The molecule has 3 fully saturated rings. The van der Waals surface area contributed by atoms with Gasteiger partial charge in [-0.25, -0.2) is 0 Å². The zero-order valence-corrected chi connectivity index (χ0v) is 28.5. The molecule has 7 heteroatoms. The third-order valence-electron chi connectivity index (χ3n) is 12.7. The van der Waals surface area contributed by atoms with Gasteiger partial charge in [-0.2, -0.15) is 0 Å². The first-order valence-corrected chi connectivity index (χ1v) is 16.7. The third-order valence-corrected chi connectivity index (χ3v) is 12.7. The summed E-state index contributed by atoms with van der Waals surface area (Å²) in [7, 11) is 0. The van der Waals surface area contributed by atoms with E-state index in [-0.39, 0.29) is 58.9 Å². The standard InChI is InChI=1S/C36H58O7/c1-22(2)19-26(42-24(4)38)20-35(10,40)30-14-17-34(9)28-11-12-29-32(6,7)31(43-25(5)39)15-16-33(29,8)27(28)13-18-36(30,34)21-41-23(3)37/h13,22,26,28-31,40H,11-12,14-21H2,1-10H3/t26?,28-,29+,30-,31?,33-,34+,35+,36+/m1/s1. The molecule has 0 aromatic carbocycles. The first-order valence-electron chi connectivity index (χ1n) is 16.7. The van der Waals surface area contributed by atoms with Crippen molar-refractivity contribution >= 4 is 17.9 Å². The molecule has 0 aliphatic heterocycles. The maximum Gasteiger partial charge on any atom is 0.302 e. The Kier molecular flexibility index (Phi) is 9.33. The minimum absolute atomic E-state index is 0.00202. The van der Waals surface area contributed by atoms with Crippen LogP contribution in [0.3, 0.4) is 0 Å². The number of hydrogen-bond acceptors (Lipinski definition) is 7. The van der Waals surface area contributed by atoms with Gasteiger partial charge < -0.3 is 19.3 Å². The molecule has 0 heterocycles. The first-order chi connectivity index (χ1) is 19.8. The lowest BCUT2D eigenvalue weighted by Crippen LogP contribution is -2.60. The van der Waals surface area contributed by atoms with Gasteiger partial charge in [0.2, 0.25) is 0 Å². The predicted molar refractivity (Wildman–Crippen MR) is 166 cm³/mol. The number of esters is 3. The Morgan fingerprint density at radius 2 is 1.65 bits per heavy atom. The highest BCUT2D eigenvalue weighted by Gasteiger charge is 2.69. The van der Waals surface area contributed by atoms with Crippen LogP contribution >= 0.6 is 0 Å². The Bertz CT molecular complexity index is 1120. The van der Waals surface area contributed by atoms with Crippen LogP contribution in [0, 0.1) is 45.3 Å². The Labute approximate surface area is 259 Å². The number of allylic oxidation sites excluding steroid dienone is 2. The molecule has 3 saturated carbocycles. The summed E-state index contributed by atoms with van der Waals surface area (Å²) in [5.74, 6) is 0.0909. The number of fused-ring (bicyclic) bond motifs is 5. The molecule has 9 atom stereocenters. The van der Waals surface area contributed by atoms with Crippen molar-refractivity contribution in [3.8, 4) is 0 Å². The Morgan fingerprint density at radius 3 is 2.23 bits per heavy atom. The molecule has 244 valence electrons. The van der Waals surface area contributed by atoms with Crippen molar-refractivity contribution in [3.05, 3.63) is 11.6 Å². The summed E-state index contributed by atoms with van der Waals surface area (Å²) in [6.45, 7) is 20.2. The van der Waals surface area contributed by atoms with Crippen LogP contribution in [-0.4, -0.2) is 47.4 Å². The fourth-order valence-electron chi connectivity index (χ4n) is 10.9. The highest BCUT2D eigenvalue weighted by Crippen LogP contribution is 2.73. The average Bonchev–Trinajstić information content (AvgIpc) is 3.17. The number of rotatable bonds is 9. The second kappa shape index (κ2) is 11.8. The normalized spacial score (nSPS) is 38.5. The van der Waals surface area contributed by atoms with Gasteiger partial charge in [0.15, 0.2) is 0 Å². The fourth-order valence-corrected chi connectivity index (χ4v) is 10.9. The molecule has 0 aromatic rings. The number of aliphatic hydroxyl groups is 1. The topological polar surface area (TPSA) is 99.1 Å². The molecule has 0 spiro atoms. The molecule has 4 rings (SSSR count). The Hall–Kier alpha value is -1.89. The monoisotopic (exact) mass is 602 g/mol. The molecule has 0 saturated heterocycles. The lowest BCUT2D eigenvalue weighted by molar-refractivity contribution is -0.180. The Balaban J connectivity index is 1.73. The molecule has 0 aromatic heterocycles. The van der Waals surface area contributed by atoms with Crippen LogP contribution in [0.1, 0.15) is 127 Å². The van der Waals surface area contributed by atoms with Gasteiger partial charge in [-0.15, -0.1) is 0 Å². The lowest BCUT2D eigenvalue weighted by atomic mass is 9.40. The van der Waals surface area contributed by atoms with Gasteiger partial charge in [0, 0.05) is 38.0 Å². The van der Waals surface area contributed by atoms with Gasteiger partial charge in [0.25, 0.3) is 0 Å². The lowest BCUT2D eigenvalue weighted by Gasteiger charge is -2.64. The Morgan fingerprint density at radius 1 is 0.977 bits per heavy atom. The summed E-state index contributed by atoms with van der Waals surface area (Å²) in [6, 6.07) is 0. The first kappa shape index (κ1) is 34.0. The van der Waals surface area contributed by atoms with Crippen LogP contribution in [0.2, 0.25) is 0 Å². The van der Waals surface area contributed by atoms with E-state index in [0.29, 0.717) is 30.6 Å².